The van der Waals surface area contributed by atoms with Gasteiger partial charge in [0.15, 0.2) is 0 Å². The van der Waals surface area contributed by atoms with Gasteiger partial charge in [-0.15, -0.1) is 11.8 Å². The number of carbonyl (C=O) groups is 3. The Labute approximate surface area is 176 Å². The molecule has 1 fully saturated rings. The van der Waals surface area contributed by atoms with Crippen molar-refractivity contribution >= 4 is 46.8 Å². The molecule has 0 bridgehead atoms. The third kappa shape index (κ3) is 5.20. The van der Waals surface area contributed by atoms with Gasteiger partial charge in [0.25, 0.3) is 0 Å². The number of halogens is 1. The molecule has 1 aliphatic rings. The van der Waals surface area contributed by atoms with Crippen LogP contribution in [0, 0.1) is 6.92 Å². The van der Waals surface area contributed by atoms with Gasteiger partial charge < -0.3 is 15.1 Å². The summed E-state index contributed by atoms with van der Waals surface area (Å²) in [5, 5.41) is 3.29. The first kappa shape index (κ1) is 22.6. The lowest BCUT2D eigenvalue weighted by molar-refractivity contribution is -0.145. The van der Waals surface area contributed by atoms with E-state index in [0.717, 1.165) is 5.56 Å². The molecule has 1 heterocycles. The second kappa shape index (κ2) is 10.2. The van der Waals surface area contributed by atoms with Gasteiger partial charge in [-0.1, -0.05) is 37.6 Å². The Balaban J connectivity index is 2.16. The summed E-state index contributed by atoms with van der Waals surface area (Å²) in [6, 6.07) is 4.77. The molecule has 1 saturated heterocycles. The standard InChI is InChI=1S/C20H28ClN3O3S/c1-5-14(4)23(20(27)16-11-28-12-24(16)18(26)6-2)10-17(25)22-19-13(3)8-7-9-15(19)21/h7-9,14,16H,5-6,10-12H2,1-4H3,(H,22,25)/t14?,16-/m0/s1. The van der Waals surface area contributed by atoms with E-state index < -0.39 is 6.04 Å². The van der Waals surface area contributed by atoms with Crippen molar-refractivity contribution in [1.82, 2.24) is 9.80 Å². The van der Waals surface area contributed by atoms with Crippen LogP contribution in [0.3, 0.4) is 0 Å². The van der Waals surface area contributed by atoms with E-state index in [2.05, 4.69) is 5.32 Å². The maximum atomic E-state index is 13.2. The van der Waals surface area contributed by atoms with E-state index in [4.69, 9.17) is 11.6 Å². The summed E-state index contributed by atoms with van der Waals surface area (Å²) in [4.78, 5) is 41.3. The first-order chi connectivity index (χ1) is 13.3. The molecule has 1 aromatic rings. The molecular weight excluding hydrogens is 398 g/mol. The summed E-state index contributed by atoms with van der Waals surface area (Å²) >= 11 is 7.76. The number of anilines is 1. The zero-order valence-corrected chi connectivity index (χ0v) is 18.4. The number of hydrogen-bond donors (Lipinski definition) is 1. The summed E-state index contributed by atoms with van der Waals surface area (Å²) in [6.07, 6.45) is 1.08. The Morgan fingerprint density at radius 1 is 1.36 bits per heavy atom. The Morgan fingerprint density at radius 3 is 2.68 bits per heavy atom. The largest absolute Gasteiger partial charge is 0.329 e. The maximum Gasteiger partial charge on any atom is 0.246 e. The molecule has 154 valence electrons. The Bertz CT molecular complexity index is 723. The first-order valence-corrected chi connectivity index (χ1v) is 11.1. The van der Waals surface area contributed by atoms with Gasteiger partial charge in [0.05, 0.1) is 16.6 Å². The average Bonchev–Trinajstić information content (AvgIpc) is 3.17. The van der Waals surface area contributed by atoms with E-state index in [-0.39, 0.29) is 30.3 Å². The highest BCUT2D eigenvalue weighted by molar-refractivity contribution is 7.99. The van der Waals surface area contributed by atoms with E-state index in [0.29, 0.717) is 35.2 Å². The number of rotatable bonds is 7. The molecule has 1 aliphatic heterocycles. The molecule has 1 unspecified atom stereocenters. The van der Waals surface area contributed by atoms with Crippen molar-refractivity contribution in [2.75, 3.05) is 23.5 Å². The van der Waals surface area contributed by atoms with Crippen molar-refractivity contribution in [2.45, 2.75) is 52.6 Å². The van der Waals surface area contributed by atoms with Crippen molar-refractivity contribution in [3.63, 3.8) is 0 Å². The fraction of sp³-hybridized carbons (Fsp3) is 0.550. The molecule has 8 heteroatoms. The van der Waals surface area contributed by atoms with Gasteiger partial charge >= 0.3 is 0 Å². The number of thioether (sulfide) groups is 1. The van der Waals surface area contributed by atoms with Crippen molar-refractivity contribution in [1.29, 1.82) is 0 Å². The number of nitrogens with one attached hydrogen (secondary N) is 1. The number of benzene rings is 1. The molecule has 3 amide bonds. The van der Waals surface area contributed by atoms with Crippen LogP contribution >= 0.6 is 23.4 Å². The highest BCUT2D eigenvalue weighted by Gasteiger charge is 2.38. The minimum absolute atomic E-state index is 0.0383. The van der Waals surface area contributed by atoms with Crippen molar-refractivity contribution in [3.8, 4) is 0 Å². The topological polar surface area (TPSA) is 69.7 Å². The second-order valence-electron chi connectivity index (χ2n) is 6.94. The van der Waals surface area contributed by atoms with Gasteiger partial charge in [-0.05, 0) is 31.9 Å². The Kier molecular flexibility index (Phi) is 8.19. The van der Waals surface area contributed by atoms with Crippen molar-refractivity contribution in [2.24, 2.45) is 0 Å². The molecule has 2 rings (SSSR count). The summed E-state index contributed by atoms with van der Waals surface area (Å²) in [6.45, 7) is 7.47. The molecule has 6 nitrogen and oxygen atoms in total. The Morgan fingerprint density at radius 2 is 2.07 bits per heavy atom. The van der Waals surface area contributed by atoms with Crippen LogP contribution in [0.2, 0.25) is 5.02 Å². The minimum atomic E-state index is -0.513. The van der Waals surface area contributed by atoms with Gasteiger partial charge in [-0.25, -0.2) is 0 Å². The molecule has 0 saturated carbocycles. The minimum Gasteiger partial charge on any atom is -0.329 e. The van der Waals surface area contributed by atoms with Crippen molar-refractivity contribution < 1.29 is 14.4 Å². The number of hydrogen-bond acceptors (Lipinski definition) is 4. The lowest BCUT2D eigenvalue weighted by Gasteiger charge is -2.33. The van der Waals surface area contributed by atoms with E-state index in [9.17, 15) is 14.4 Å². The second-order valence-corrected chi connectivity index (χ2v) is 8.34. The number of carbonyl (C=O) groups excluding carboxylic acids is 3. The van der Waals surface area contributed by atoms with Gasteiger partial charge in [0.2, 0.25) is 17.7 Å². The van der Waals surface area contributed by atoms with E-state index in [1.165, 1.54) is 0 Å². The third-order valence-electron chi connectivity index (χ3n) is 5.00. The van der Waals surface area contributed by atoms with Crippen LogP contribution < -0.4 is 5.32 Å². The summed E-state index contributed by atoms with van der Waals surface area (Å²) in [5.41, 5.74) is 1.42. The number of para-hydroxylation sites is 1. The van der Waals surface area contributed by atoms with Gasteiger partial charge in [0, 0.05) is 18.2 Å². The van der Waals surface area contributed by atoms with Gasteiger partial charge in [-0.3, -0.25) is 14.4 Å². The third-order valence-corrected chi connectivity index (χ3v) is 6.32. The normalized spacial score (nSPS) is 17.3. The van der Waals surface area contributed by atoms with E-state index >= 15 is 0 Å². The lowest BCUT2D eigenvalue weighted by Crippen LogP contribution is -2.53. The molecule has 1 aromatic carbocycles. The molecule has 0 aromatic heterocycles. The van der Waals surface area contributed by atoms with Crippen LogP contribution in [0.25, 0.3) is 0 Å². The van der Waals surface area contributed by atoms with E-state index in [1.807, 2.05) is 32.9 Å². The SMILES string of the molecule is CCC(=O)N1CSC[C@H]1C(=O)N(CC(=O)Nc1c(C)cccc1Cl)C(C)CC. The summed E-state index contributed by atoms with van der Waals surface area (Å²) in [7, 11) is 0. The first-order valence-electron chi connectivity index (χ1n) is 9.52. The predicted octanol–water partition coefficient (Wildman–Crippen LogP) is 3.53. The fourth-order valence-corrected chi connectivity index (χ4v) is 4.52. The van der Waals surface area contributed by atoms with Crippen molar-refractivity contribution in [3.05, 3.63) is 28.8 Å². The van der Waals surface area contributed by atoms with Crippen LogP contribution in [0.4, 0.5) is 5.69 Å². The Hall–Kier alpha value is -1.73. The number of nitrogens with zero attached hydrogens (tertiary/aromatic N) is 2. The van der Waals surface area contributed by atoms with Crippen LogP contribution in [-0.4, -0.2) is 57.8 Å². The molecule has 2 atom stereocenters. The monoisotopic (exact) mass is 425 g/mol. The van der Waals surface area contributed by atoms with E-state index in [1.54, 1.807) is 34.6 Å². The predicted molar refractivity (Wildman–Crippen MR) is 115 cm³/mol. The van der Waals surface area contributed by atoms with Crippen LogP contribution in [0.1, 0.15) is 39.2 Å². The summed E-state index contributed by atoms with van der Waals surface area (Å²) < 4.78 is 0. The highest BCUT2D eigenvalue weighted by Crippen LogP contribution is 2.26. The smallest absolute Gasteiger partial charge is 0.246 e. The molecule has 0 spiro atoms. The van der Waals surface area contributed by atoms with Gasteiger partial charge in [0.1, 0.15) is 12.6 Å². The zero-order chi connectivity index (χ0) is 20.8. The molecule has 28 heavy (non-hydrogen) atoms. The quantitative estimate of drug-likeness (QED) is 0.725. The number of aryl methyl sites for hydroxylation is 1. The fourth-order valence-electron chi connectivity index (χ4n) is 3.08. The van der Waals surface area contributed by atoms with Gasteiger partial charge in [-0.2, -0.15) is 0 Å². The van der Waals surface area contributed by atoms with Crippen LogP contribution in [0.15, 0.2) is 18.2 Å². The molecule has 0 aliphatic carbocycles. The maximum absolute atomic E-state index is 13.2. The molecule has 0 radical (unpaired) electrons. The summed E-state index contributed by atoms with van der Waals surface area (Å²) in [5.74, 6) is 0.560. The zero-order valence-electron chi connectivity index (χ0n) is 16.8. The highest BCUT2D eigenvalue weighted by atomic mass is 35.5. The van der Waals surface area contributed by atoms with Crippen LogP contribution in [-0.2, 0) is 14.4 Å². The number of amides is 3. The lowest BCUT2D eigenvalue weighted by atomic mass is 10.1. The molecular formula is C20H28ClN3O3S. The van der Waals surface area contributed by atoms with Crippen LogP contribution in [0.5, 0.6) is 0 Å². The molecule has 1 N–H and O–H groups in total. The average molecular weight is 426 g/mol.